The SMILES string of the molecule is O=C(C1CCCN(S(=O)(=O)c2ccc(F)cc2)C1)N(Cc1cccnc1)c1nc2ccccc2s1. The van der Waals surface area contributed by atoms with E-state index in [0.29, 0.717) is 24.5 Å². The van der Waals surface area contributed by atoms with Gasteiger partial charge in [0.2, 0.25) is 15.9 Å². The highest BCUT2D eigenvalue weighted by atomic mass is 32.2. The molecule has 1 fully saturated rings. The van der Waals surface area contributed by atoms with Crippen molar-refractivity contribution >= 4 is 42.6 Å². The molecule has 0 saturated carbocycles. The third-order valence-electron chi connectivity index (χ3n) is 6.03. The van der Waals surface area contributed by atoms with Crippen LogP contribution in [0.2, 0.25) is 0 Å². The summed E-state index contributed by atoms with van der Waals surface area (Å²) in [4.78, 5) is 24.3. The van der Waals surface area contributed by atoms with Gasteiger partial charge in [0, 0.05) is 25.5 Å². The summed E-state index contributed by atoms with van der Waals surface area (Å²) in [6.07, 6.45) is 4.51. The lowest BCUT2D eigenvalue weighted by molar-refractivity contribution is -0.123. The summed E-state index contributed by atoms with van der Waals surface area (Å²) in [7, 11) is -3.84. The fourth-order valence-electron chi connectivity index (χ4n) is 4.23. The number of rotatable bonds is 6. The molecule has 1 aliphatic rings. The molecule has 2 aromatic heterocycles. The topological polar surface area (TPSA) is 83.5 Å². The van der Waals surface area contributed by atoms with E-state index in [9.17, 15) is 17.6 Å². The van der Waals surface area contributed by atoms with Crippen molar-refractivity contribution in [3.63, 3.8) is 0 Å². The van der Waals surface area contributed by atoms with E-state index >= 15 is 0 Å². The number of nitrogens with zero attached hydrogens (tertiary/aromatic N) is 4. The van der Waals surface area contributed by atoms with Crippen molar-refractivity contribution in [2.24, 2.45) is 5.92 Å². The minimum absolute atomic E-state index is 0.0189. The largest absolute Gasteiger partial charge is 0.283 e. The number of amides is 1. The number of anilines is 1. The maximum absolute atomic E-state index is 13.8. The number of pyridine rings is 1. The lowest BCUT2D eigenvalue weighted by Crippen LogP contribution is -2.46. The van der Waals surface area contributed by atoms with E-state index in [0.717, 1.165) is 27.9 Å². The predicted molar refractivity (Wildman–Crippen MR) is 133 cm³/mol. The number of thiazole rings is 1. The molecule has 1 atom stereocenters. The number of hydrogen-bond donors (Lipinski definition) is 0. The van der Waals surface area contributed by atoms with Gasteiger partial charge in [-0.2, -0.15) is 4.31 Å². The minimum atomic E-state index is -3.84. The van der Waals surface area contributed by atoms with Crippen molar-refractivity contribution in [1.29, 1.82) is 0 Å². The summed E-state index contributed by atoms with van der Waals surface area (Å²) in [5, 5.41) is 0.568. The number of halogens is 1. The molecule has 180 valence electrons. The Labute approximate surface area is 206 Å². The van der Waals surface area contributed by atoms with Crippen LogP contribution in [-0.2, 0) is 21.4 Å². The summed E-state index contributed by atoms with van der Waals surface area (Å²) in [5.41, 5.74) is 1.66. The average Bonchev–Trinajstić information content (AvgIpc) is 3.32. The minimum Gasteiger partial charge on any atom is -0.283 e. The van der Waals surface area contributed by atoms with E-state index in [2.05, 4.69) is 9.97 Å². The normalized spacial score (nSPS) is 16.9. The second kappa shape index (κ2) is 9.80. The van der Waals surface area contributed by atoms with Gasteiger partial charge in [0.05, 0.1) is 27.6 Å². The first-order valence-electron chi connectivity index (χ1n) is 11.2. The number of piperidine rings is 1. The molecule has 1 aliphatic heterocycles. The first kappa shape index (κ1) is 23.5. The van der Waals surface area contributed by atoms with Crippen LogP contribution in [0.5, 0.6) is 0 Å². The second-order valence-electron chi connectivity index (χ2n) is 8.41. The van der Waals surface area contributed by atoms with Gasteiger partial charge in [0.15, 0.2) is 5.13 Å². The van der Waals surface area contributed by atoms with E-state index in [1.807, 2.05) is 36.4 Å². The molecular formula is C25H23FN4O3S2. The van der Waals surface area contributed by atoms with Crippen LogP contribution in [0.4, 0.5) is 9.52 Å². The van der Waals surface area contributed by atoms with Crippen molar-refractivity contribution < 1.29 is 17.6 Å². The van der Waals surface area contributed by atoms with E-state index < -0.39 is 21.8 Å². The van der Waals surface area contributed by atoms with E-state index in [-0.39, 0.29) is 23.9 Å². The molecule has 1 saturated heterocycles. The molecule has 5 rings (SSSR count). The van der Waals surface area contributed by atoms with Gasteiger partial charge in [-0.15, -0.1) is 0 Å². The first-order chi connectivity index (χ1) is 16.9. The molecule has 10 heteroatoms. The molecule has 1 unspecified atom stereocenters. The van der Waals surface area contributed by atoms with Gasteiger partial charge in [-0.25, -0.2) is 17.8 Å². The van der Waals surface area contributed by atoms with Gasteiger partial charge in [0.25, 0.3) is 0 Å². The van der Waals surface area contributed by atoms with Crippen molar-refractivity contribution in [1.82, 2.24) is 14.3 Å². The number of benzene rings is 2. The lowest BCUT2D eigenvalue weighted by Gasteiger charge is -2.33. The van der Waals surface area contributed by atoms with Gasteiger partial charge < -0.3 is 0 Å². The van der Waals surface area contributed by atoms with Gasteiger partial charge in [-0.1, -0.05) is 29.5 Å². The summed E-state index contributed by atoms with van der Waals surface area (Å²) in [6.45, 7) is 0.661. The number of para-hydroxylation sites is 1. The van der Waals surface area contributed by atoms with Gasteiger partial charge in [0.1, 0.15) is 5.82 Å². The third kappa shape index (κ3) is 4.95. The second-order valence-corrected chi connectivity index (χ2v) is 11.4. The molecule has 1 amide bonds. The molecule has 35 heavy (non-hydrogen) atoms. The van der Waals surface area contributed by atoms with Crippen molar-refractivity contribution in [3.05, 3.63) is 84.4 Å². The van der Waals surface area contributed by atoms with Crippen molar-refractivity contribution in [2.75, 3.05) is 18.0 Å². The van der Waals surface area contributed by atoms with Crippen LogP contribution >= 0.6 is 11.3 Å². The summed E-state index contributed by atoms with van der Waals surface area (Å²) < 4.78 is 42.0. The fraction of sp³-hybridized carbons (Fsp3) is 0.240. The van der Waals surface area contributed by atoms with Crippen LogP contribution in [0.15, 0.2) is 78.0 Å². The Morgan fingerprint density at radius 2 is 1.91 bits per heavy atom. The van der Waals surface area contributed by atoms with Crippen molar-refractivity contribution in [2.45, 2.75) is 24.3 Å². The third-order valence-corrected chi connectivity index (χ3v) is 8.97. The van der Waals surface area contributed by atoms with E-state index in [1.165, 1.54) is 27.8 Å². The fourth-order valence-corrected chi connectivity index (χ4v) is 6.72. The molecule has 0 N–H and O–H groups in total. The van der Waals surface area contributed by atoms with Gasteiger partial charge in [-0.3, -0.25) is 14.7 Å². The first-order valence-corrected chi connectivity index (χ1v) is 13.5. The Bertz CT molecular complexity index is 1410. The highest BCUT2D eigenvalue weighted by Crippen LogP contribution is 2.32. The van der Waals surface area contributed by atoms with Crippen LogP contribution in [0.3, 0.4) is 0 Å². The van der Waals surface area contributed by atoms with E-state index in [1.54, 1.807) is 17.3 Å². The number of carbonyl (C=O) groups is 1. The van der Waals surface area contributed by atoms with Crippen LogP contribution in [-0.4, -0.2) is 41.7 Å². The molecule has 2 aromatic carbocycles. The van der Waals surface area contributed by atoms with Crippen molar-refractivity contribution in [3.8, 4) is 0 Å². The summed E-state index contributed by atoms with van der Waals surface area (Å²) >= 11 is 1.43. The zero-order chi connectivity index (χ0) is 24.4. The monoisotopic (exact) mass is 510 g/mol. The molecular weight excluding hydrogens is 487 g/mol. The average molecular weight is 511 g/mol. The maximum atomic E-state index is 13.8. The highest BCUT2D eigenvalue weighted by Gasteiger charge is 2.36. The lowest BCUT2D eigenvalue weighted by atomic mass is 9.98. The smallest absolute Gasteiger partial charge is 0.243 e. The zero-order valence-corrected chi connectivity index (χ0v) is 20.4. The molecule has 7 nitrogen and oxygen atoms in total. The maximum Gasteiger partial charge on any atom is 0.243 e. The standard InChI is InChI=1S/C25H23FN4O3S2/c26-20-9-11-21(12-10-20)35(32,33)29-14-4-6-19(17-29)24(31)30(16-18-5-3-13-27-15-18)25-28-22-7-1-2-8-23(22)34-25/h1-3,5,7-13,15,19H,4,6,14,16-17H2. The summed E-state index contributed by atoms with van der Waals surface area (Å²) in [5.74, 6) is -1.20. The molecule has 0 aliphatic carbocycles. The Balaban J connectivity index is 1.43. The predicted octanol–water partition coefficient (Wildman–Crippen LogP) is 4.46. The Kier molecular flexibility index (Phi) is 6.59. The van der Waals surface area contributed by atoms with E-state index in [4.69, 9.17) is 0 Å². The summed E-state index contributed by atoms with van der Waals surface area (Å²) in [6, 6.07) is 16.2. The number of fused-ring (bicyclic) bond motifs is 1. The molecule has 4 aromatic rings. The Hall–Kier alpha value is -3.21. The Morgan fingerprint density at radius 1 is 1.11 bits per heavy atom. The molecule has 0 radical (unpaired) electrons. The highest BCUT2D eigenvalue weighted by molar-refractivity contribution is 7.89. The number of hydrogen-bond acceptors (Lipinski definition) is 6. The quantitative estimate of drug-likeness (QED) is 0.382. The molecule has 0 bridgehead atoms. The Morgan fingerprint density at radius 3 is 2.66 bits per heavy atom. The number of sulfonamides is 1. The van der Waals surface area contributed by atoms with Crippen LogP contribution < -0.4 is 4.90 Å². The van der Waals surface area contributed by atoms with Gasteiger partial charge >= 0.3 is 0 Å². The van der Waals surface area contributed by atoms with Crippen LogP contribution in [0, 0.1) is 11.7 Å². The van der Waals surface area contributed by atoms with Crippen LogP contribution in [0.1, 0.15) is 18.4 Å². The van der Waals surface area contributed by atoms with Crippen LogP contribution in [0.25, 0.3) is 10.2 Å². The zero-order valence-electron chi connectivity index (χ0n) is 18.7. The number of carbonyl (C=O) groups excluding carboxylic acids is 1. The number of aromatic nitrogens is 2. The molecule has 0 spiro atoms. The molecule has 3 heterocycles. The van der Waals surface area contributed by atoms with Gasteiger partial charge in [-0.05, 0) is 60.9 Å².